The van der Waals surface area contributed by atoms with Gasteiger partial charge in [0.1, 0.15) is 17.1 Å². The van der Waals surface area contributed by atoms with Crippen molar-refractivity contribution in [1.82, 2.24) is 14.9 Å². The van der Waals surface area contributed by atoms with Crippen molar-refractivity contribution in [2.45, 2.75) is 73.8 Å². The minimum atomic E-state index is -0.309. The van der Waals surface area contributed by atoms with E-state index in [2.05, 4.69) is 23.8 Å². The lowest BCUT2D eigenvalue weighted by molar-refractivity contribution is -0.146. The monoisotopic (exact) mass is 561 g/mol. The van der Waals surface area contributed by atoms with Crippen LogP contribution in [0.3, 0.4) is 0 Å². The first-order chi connectivity index (χ1) is 18.4. The number of ketones is 1. The van der Waals surface area contributed by atoms with Gasteiger partial charge in [0.2, 0.25) is 5.91 Å². The summed E-state index contributed by atoms with van der Waals surface area (Å²) in [7, 11) is 0. The summed E-state index contributed by atoms with van der Waals surface area (Å²) < 4.78 is 18.0. The Balaban J connectivity index is 0.000000396. The van der Waals surface area contributed by atoms with Crippen molar-refractivity contribution < 1.29 is 23.5 Å². The van der Waals surface area contributed by atoms with Gasteiger partial charge in [-0.2, -0.15) is 0 Å². The summed E-state index contributed by atoms with van der Waals surface area (Å²) in [6.45, 7) is 13.9. The normalized spacial score (nSPS) is 11.8. The Morgan fingerprint density at radius 3 is 2.23 bits per heavy atom. The van der Waals surface area contributed by atoms with Crippen LogP contribution in [-0.2, 0) is 20.7 Å². The van der Waals surface area contributed by atoms with Gasteiger partial charge >= 0.3 is 5.97 Å². The number of pyridine rings is 1. The zero-order valence-electron chi connectivity index (χ0n) is 24.0. The van der Waals surface area contributed by atoms with E-state index in [0.717, 1.165) is 16.5 Å². The number of aromatic amines is 1. The third-order valence-corrected chi connectivity index (χ3v) is 5.80. The molecule has 0 radical (unpaired) electrons. The molecule has 9 heteroatoms. The van der Waals surface area contributed by atoms with E-state index in [1.807, 2.05) is 20.8 Å². The third-order valence-electron chi connectivity index (χ3n) is 5.59. The number of ether oxygens (including phenoxy) is 1. The topological polar surface area (TPSA) is 92.4 Å². The van der Waals surface area contributed by atoms with Gasteiger partial charge in [-0.25, -0.2) is 9.37 Å². The zero-order valence-corrected chi connectivity index (χ0v) is 24.8. The third kappa shape index (κ3) is 12.4. The maximum atomic E-state index is 12.9. The fourth-order valence-corrected chi connectivity index (χ4v) is 3.84. The number of halogens is 2. The molecule has 1 N–H and O–H groups in total. The molecule has 2 aromatic heterocycles. The molecule has 0 aliphatic rings. The van der Waals surface area contributed by atoms with E-state index in [9.17, 15) is 18.8 Å². The lowest BCUT2D eigenvalue weighted by Gasteiger charge is -2.26. The SMILES string of the molecule is CC(=O)c1cc2cc(Cl)ncc2[nH]1.CCC.CCN(CCC(C)OC(C)=O)C(=O)[C@@H](C)Cc1ccc(F)cc1. The van der Waals surface area contributed by atoms with Gasteiger partial charge in [0, 0.05) is 44.7 Å². The minimum Gasteiger partial charge on any atom is -0.463 e. The maximum absolute atomic E-state index is 12.9. The largest absolute Gasteiger partial charge is 0.463 e. The zero-order chi connectivity index (χ0) is 29.5. The van der Waals surface area contributed by atoms with Crippen LogP contribution in [0.1, 0.15) is 77.4 Å². The van der Waals surface area contributed by atoms with Crippen molar-refractivity contribution in [3.8, 4) is 0 Å². The lowest BCUT2D eigenvalue weighted by Crippen LogP contribution is -2.37. The molecule has 0 saturated heterocycles. The standard InChI is InChI=1S/C18H26FNO3.C9H7ClN2O.C3H8/c1-5-20(11-10-14(3)23-15(4)21)18(22)13(2)12-16-6-8-17(19)9-7-16;1-5(13)7-2-6-3-9(10)11-4-8(6)12-7;1-3-2/h6-9,13-14H,5,10-12H2,1-4H3;2-4,12H,1H3;3H2,1-2H3/t13-,14?;;/m0../s1. The van der Waals surface area contributed by atoms with Gasteiger partial charge in [-0.3, -0.25) is 14.4 Å². The number of H-pyrrole nitrogens is 1. The van der Waals surface area contributed by atoms with E-state index in [1.165, 1.54) is 32.4 Å². The van der Waals surface area contributed by atoms with Gasteiger partial charge in [-0.15, -0.1) is 0 Å². The Labute approximate surface area is 236 Å². The van der Waals surface area contributed by atoms with Crippen LogP contribution in [0.15, 0.2) is 42.6 Å². The number of rotatable bonds is 9. The summed E-state index contributed by atoms with van der Waals surface area (Å²) in [6, 6.07) is 9.72. The molecule has 3 aromatic rings. The van der Waals surface area contributed by atoms with Crippen molar-refractivity contribution in [2.75, 3.05) is 13.1 Å². The molecule has 0 aliphatic carbocycles. The van der Waals surface area contributed by atoms with Crippen molar-refractivity contribution in [3.05, 3.63) is 64.8 Å². The number of benzene rings is 1. The van der Waals surface area contributed by atoms with Crippen LogP contribution in [0.5, 0.6) is 0 Å². The van der Waals surface area contributed by atoms with E-state index < -0.39 is 0 Å². The lowest BCUT2D eigenvalue weighted by atomic mass is 9.99. The second kappa shape index (κ2) is 17.4. The van der Waals surface area contributed by atoms with E-state index in [-0.39, 0.29) is 35.5 Å². The van der Waals surface area contributed by atoms with Crippen molar-refractivity contribution >= 4 is 40.2 Å². The molecule has 39 heavy (non-hydrogen) atoms. The number of fused-ring (bicyclic) bond motifs is 1. The summed E-state index contributed by atoms with van der Waals surface area (Å²) in [4.78, 5) is 43.1. The van der Waals surface area contributed by atoms with Gasteiger partial charge in [-0.05, 0) is 50.1 Å². The molecule has 0 fully saturated rings. The van der Waals surface area contributed by atoms with E-state index in [1.54, 1.807) is 35.4 Å². The average Bonchev–Trinajstić information content (AvgIpc) is 3.30. The van der Waals surface area contributed by atoms with Crippen LogP contribution in [0.2, 0.25) is 5.15 Å². The predicted molar refractivity (Wildman–Crippen MR) is 154 cm³/mol. The number of carbonyl (C=O) groups excluding carboxylic acids is 3. The summed E-state index contributed by atoms with van der Waals surface area (Å²) in [5.41, 5.74) is 2.35. The van der Waals surface area contributed by atoms with Gasteiger partial charge in [0.05, 0.1) is 17.4 Å². The number of carbonyl (C=O) groups is 3. The fourth-order valence-electron chi connectivity index (χ4n) is 3.67. The van der Waals surface area contributed by atoms with Gasteiger partial charge in [-0.1, -0.05) is 50.9 Å². The molecule has 1 amide bonds. The molecule has 3 rings (SSSR count). The molecule has 1 unspecified atom stereocenters. The average molecular weight is 562 g/mol. The summed E-state index contributed by atoms with van der Waals surface area (Å²) in [5.74, 6) is -0.692. The van der Waals surface area contributed by atoms with E-state index in [4.69, 9.17) is 16.3 Å². The molecule has 2 heterocycles. The Morgan fingerprint density at radius 2 is 1.69 bits per heavy atom. The number of Topliss-reactive ketones (excluding diaryl/α,β-unsaturated/α-hetero) is 1. The summed E-state index contributed by atoms with van der Waals surface area (Å²) >= 11 is 5.70. The van der Waals surface area contributed by atoms with E-state index >= 15 is 0 Å². The molecule has 0 bridgehead atoms. The number of aromatic nitrogens is 2. The Bertz CT molecular complexity index is 1200. The van der Waals surface area contributed by atoms with Crippen LogP contribution in [-0.4, -0.2) is 51.7 Å². The molecule has 0 spiro atoms. The molecule has 0 aliphatic heterocycles. The highest BCUT2D eigenvalue weighted by Crippen LogP contribution is 2.18. The molecule has 1 aromatic carbocycles. The first-order valence-corrected chi connectivity index (χ1v) is 13.6. The maximum Gasteiger partial charge on any atom is 0.302 e. The number of nitrogens with one attached hydrogen (secondary N) is 1. The molecule has 214 valence electrons. The van der Waals surface area contributed by atoms with Crippen LogP contribution >= 0.6 is 11.6 Å². The smallest absolute Gasteiger partial charge is 0.302 e. The van der Waals surface area contributed by atoms with Gasteiger partial charge in [0.25, 0.3) is 0 Å². The molecule has 0 saturated carbocycles. The van der Waals surface area contributed by atoms with Crippen LogP contribution in [0.25, 0.3) is 10.9 Å². The second-order valence-corrected chi connectivity index (χ2v) is 9.79. The van der Waals surface area contributed by atoms with Crippen molar-refractivity contribution in [3.63, 3.8) is 0 Å². The second-order valence-electron chi connectivity index (χ2n) is 9.40. The Kier molecular flexibility index (Phi) is 15.0. The van der Waals surface area contributed by atoms with Crippen molar-refractivity contribution in [2.24, 2.45) is 5.92 Å². The fraction of sp³-hybridized carbons (Fsp3) is 0.467. The predicted octanol–water partition coefficient (Wildman–Crippen LogP) is 7.03. The minimum absolute atomic E-state index is 0.00678. The Hall–Kier alpha value is -3.26. The number of hydrogen-bond donors (Lipinski definition) is 1. The molecular formula is C30H41ClFN3O4. The van der Waals surface area contributed by atoms with Crippen molar-refractivity contribution in [1.29, 1.82) is 0 Å². The molecule has 2 atom stereocenters. The summed E-state index contributed by atoms with van der Waals surface area (Å²) in [6.07, 6.45) is 3.85. The van der Waals surface area contributed by atoms with E-state index in [0.29, 0.717) is 36.8 Å². The number of hydrogen-bond acceptors (Lipinski definition) is 5. The number of amides is 1. The van der Waals surface area contributed by atoms with Crippen LogP contribution in [0.4, 0.5) is 4.39 Å². The molecular weight excluding hydrogens is 521 g/mol. The summed E-state index contributed by atoms with van der Waals surface area (Å²) in [5, 5.41) is 1.34. The quantitative estimate of drug-likeness (QED) is 0.172. The first kappa shape index (κ1) is 33.8. The highest BCUT2D eigenvalue weighted by molar-refractivity contribution is 6.30. The van der Waals surface area contributed by atoms with Gasteiger partial charge in [0.15, 0.2) is 5.78 Å². The number of nitrogens with zero attached hydrogens (tertiary/aromatic N) is 2. The highest BCUT2D eigenvalue weighted by Gasteiger charge is 2.20. The number of esters is 1. The first-order valence-electron chi connectivity index (χ1n) is 13.3. The van der Waals surface area contributed by atoms with Crippen LogP contribution < -0.4 is 0 Å². The van der Waals surface area contributed by atoms with Gasteiger partial charge < -0.3 is 14.6 Å². The Morgan fingerprint density at radius 1 is 1.08 bits per heavy atom. The highest BCUT2D eigenvalue weighted by atomic mass is 35.5. The molecule has 7 nitrogen and oxygen atoms in total. The van der Waals surface area contributed by atoms with Crippen LogP contribution in [0, 0.1) is 11.7 Å².